The quantitative estimate of drug-likeness (QED) is 0.622. The highest BCUT2D eigenvalue weighted by atomic mass is 35.5. The molecule has 0 N–H and O–H groups in total. The van der Waals surface area contributed by atoms with Crippen LogP contribution in [0.15, 0.2) is 35.5 Å². The van der Waals surface area contributed by atoms with Crippen LogP contribution in [0, 0.1) is 10.1 Å². The number of benzene rings is 1. The summed E-state index contributed by atoms with van der Waals surface area (Å²) in [5.41, 5.74) is -0.0923. The van der Waals surface area contributed by atoms with Gasteiger partial charge in [-0.05, 0) is 18.2 Å². The SMILES string of the molecule is O=[N+]([O-])c1cnn(CC[S@@](=O)c2ccc(Cl)c(Cl)c2)c1. The molecular formula is C11H9Cl2N3O3S. The summed E-state index contributed by atoms with van der Waals surface area (Å²) in [4.78, 5) is 10.5. The number of hydrogen-bond donors (Lipinski definition) is 0. The van der Waals surface area contributed by atoms with E-state index < -0.39 is 15.7 Å². The zero-order valence-electron chi connectivity index (χ0n) is 10.0. The number of halogens is 2. The lowest BCUT2D eigenvalue weighted by atomic mass is 10.4. The third-order valence-corrected chi connectivity index (χ3v) is 4.56. The first-order chi connectivity index (χ1) is 9.47. The van der Waals surface area contributed by atoms with Crippen LogP contribution in [0.4, 0.5) is 5.69 Å². The van der Waals surface area contributed by atoms with Crippen molar-refractivity contribution in [3.05, 3.63) is 50.8 Å². The highest BCUT2D eigenvalue weighted by Crippen LogP contribution is 2.24. The van der Waals surface area contributed by atoms with Crippen molar-refractivity contribution in [2.24, 2.45) is 0 Å². The van der Waals surface area contributed by atoms with Crippen LogP contribution in [0.3, 0.4) is 0 Å². The molecular weight excluding hydrogens is 325 g/mol. The molecule has 20 heavy (non-hydrogen) atoms. The van der Waals surface area contributed by atoms with Gasteiger partial charge >= 0.3 is 5.69 Å². The normalized spacial score (nSPS) is 12.3. The Balaban J connectivity index is 2.00. The first kappa shape index (κ1) is 15.0. The molecule has 1 heterocycles. The van der Waals surface area contributed by atoms with E-state index in [0.717, 1.165) is 6.20 Å². The summed E-state index contributed by atoms with van der Waals surface area (Å²) in [7, 11) is -1.28. The first-order valence-electron chi connectivity index (χ1n) is 5.47. The summed E-state index contributed by atoms with van der Waals surface area (Å²) < 4.78 is 13.4. The number of nitrogens with zero attached hydrogens (tertiary/aromatic N) is 3. The van der Waals surface area contributed by atoms with Crippen LogP contribution < -0.4 is 0 Å². The van der Waals surface area contributed by atoms with Crippen LogP contribution in [0.2, 0.25) is 10.0 Å². The fraction of sp³-hybridized carbons (Fsp3) is 0.182. The summed E-state index contributed by atoms with van der Waals surface area (Å²) in [6, 6.07) is 4.76. The number of aromatic nitrogens is 2. The molecule has 0 fully saturated rings. The van der Waals surface area contributed by atoms with Crippen LogP contribution >= 0.6 is 23.2 Å². The van der Waals surface area contributed by atoms with Crippen LogP contribution in [-0.2, 0) is 17.3 Å². The molecule has 0 bridgehead atoms. The molecule has 9 heteroatoms. The predicted molar refractivity (Wildman–Crippen MR) is 76.6 cm³/mol. The van der Waals surface area contributed by atoms with Gasteiger partial charge in [0, 0.05) is 10.6 Å². The van der Waals surface area contributed by atoms with Crippen molar-refractivity contribution >= 4 is 39.7 Å². The van der Waals surface area contributed by atoms with Gasteiger partial charge in [-0.1, -0.05) is 23.2 Å². The van der Waals surface area contributed by atoms with Crippen molar-refractivity contribution in [2.75, 3.05) is 5.75 Å². The second-order valence-corrected chi connectivity index (χ2v) is 6.23. The van der Waals surface area contributed by atoms with Gasteiger partial charge in [0.25, 0.3) is 0 Å². The van der Waals surface area contributed by atoms with E-state index in [1.165, 1.54) is 10.9 Å². The summed E-state index contributed by atoms with van der Waals surface area (Å²) in [5.74, 6) is 0.275. The first-order valence-corrected chi connectivity index (χ1v) is 7.55. The molecule has 1 aromatic heterocycles. The van der Waals surface area contributed by atoms with E-state index >= 15 is 0 Å². The minimum Gasteiger partial charge on any atom is -0.265 e. The Morgan fingerprint density at radius 1 is 1.35 bits per heavy atom. The number of rotatable bonds is 5. The maximum atomic E-state index is 12.1. The van der Waals surface area contributed by atoms with E-state index in [9.17, 15) is 14.3 Å². The molecule has 0 aliphatic rings. The van der Waals surface area contributed by atoms with E-state index in [0.29, 0.717) is 21.5 Å². The third-order valence-electron chi connectivity index (χ3n) is 2.49. The maximum absolute atomic E-state index is 12.1. The zero-order valence-corrected chi connectivity index (χ0v) is 12.4. The van der Waals surface area contributed by atoms with Gasteiger partial charge in [0.15, 0.2) is 0 Å². The monoisotopic (exact) mass is 333 g/mol. The van der Waals surface area contributed by atoms with E-state index in [-0.39, 0.29) is 11.4 Å². The van der Waals surface area contributed by atoms with Crippen LogP contribution in [0.1, 0.15) is 0 Å². The second-order valence-electron chi connectivity index (χ2n) is 3.84. The minimum atomic E-state index is -1.28. The van der Waals surface area contributed by atoms with E-state index in [2.05, 4.69) is 5.10 Å². The highest BCUT2D eigenvalue weighted by Gasteiger charge is 2.11. The third kappa shape index (κ3) is 3.56. The Morgan fingerprint density at radius 3 is 2.70 bits per heavy atom. The second kappa shape index (κ2) is 6.34. The van der Waals surface area contributed by atoms with Crippen molar-refractivity contribution in [1.82, 2.24) is 9.78 Å². The molecule has 0 radical (unpaired) electrons. The molecule has 0 aliphatic heterocycles. The molecule has 0 aliphatic carbocycles. The fourth-order valence-electron chi connectivity index (χ4n) is 1.48. The van der Waals surface area contributed by atoms with Gasteiger partial charge in [-0.3, -0.25) is 19.0 Å². The van der Waals surface area contributed by atoms with Gasteiger partial charge in [-0.2, -0.15) is 5.10 Å². The number of nitro groups is 1. The Bertz CT molecular complexity index is 675. The largest absolute Gasteiger partial charge is 0.306 e. The fourth-order valence-corrected chi connectivity index (χ4v) is 2.90. The molecule has 6 nitrogen and oxygen atoms in total. The molecule has 2 aromatic rings. The van der Waals surface area contributed by atoms with Crippen molar-refractivity contribution in [3.63, 3.8) is 0 Å². The van der Waals surface area contributed by atoms with Gasteiger partial charge < -0.3 is 0 Å². The number of aryl methyl sites for hydroxylation is 1. The van der Waals surface area contributed by atoms with E-state index in [4.69, 9.17) is 23.2 Å². The average molecular weight is 334 g/mol. The Kier molecular flexibility index (Phi) is 4.74. The highest BCUT2D eigenvalue weighted by molar-refractivity contribution is 7.85. The van der Waals surface area contributed by atoms with Gasteiger partial charge in [0.2, 0.25) is 0 Å². The van der Waals surface area contributed by atoms with E-state index in [1.54, 1.807) is 18.2 Å². The molecule has 0 saturated carbocycles. The van der Waals surface area contributed by atoms with Gasteiger partial charge in [-0.15, -0.1) is 0 Å². The van der Waals surface area contributed by atoms with Crippen LogP contribution in [0.25, 0.3) is 0 Å². The van der Waals surface area contributed by atoms with Crippen molar-refractivity contribution in [2.45, 2.75) is 11.4 Å². The molecule has 0 amide bonds. The summed E-state index contributed by atoms with van der Waals surface area (Å²) >= 11 is 11.6. The molecule has 1 aromatic carbocycles. The molecule has 0 spiro atoms. The molecule has 0 unspecified atom stereocenters. The molecule has 1 atom stereocenters. The summed E-state index contributed by atoms with van der Waals surface area (Å²) in [6.45, 7) is 0.306. The molecule has 106 valence electrons. The maximum Gasteiger partial charge on any atom is 0.306 e. The smallest absolute Gasteiger partial charge is 0.265 e. The summed E-state index contributed by atoms with van der Waals surface area (Å²) in [5, 5.41) is 15.1. The van der Waals surface area contributed by atoms with Crippen LogP contribution in [-0.4, -0.2) is 24.7 Å². The molecule has 0 saturated heterocycles. The van der Waals surface area contributed by atoms with Gasteiger partial charge in [-0.25, -0.2) is 0 Å². The van der Waals surface area contributed by atoms with Crippen molar-refractivity contribution in [3.8, 4) is 0 Å². The van der Waals surface area contributed by atoms with Crippen molar-refractivity contribution in [1.29, 1.82) is 0 Å². The van der Waals surface area contributed by atoms with Gasteiger partial charge in [0.05, 0.1) is 32.3 Å². The minimum absolute atomic E-state index is 0.0923. The Hall–Kier alpha value is -1.44. The average Bonchev–Trinajstić information content (AvgIpc) is 2.88. The van der Waals surface area contributed by atoms with Crippen LogP contribution in [0.5, 0.6) is 0 Å². The topological polar surface area (TPSA) is 78.0 Å². The lowest BCUT2D eigenvalue weighted by molar-refractivity contribution is -0.385. The predicted octanol–water partition coefficient (Wildman–Crippen LogP) is 2.91. The molecule has 2 rings (SSSR count). The standard InChI is InChI=1S/C11H9Cl2N3O3S/c12-10-2-1-9(5-11(10)13)20(19)4-3-15-7-8(6-14-15)16(17)18/h1-2,5-7H,3-4H2/t20-/m1/s1. The zero-order chi connectivity index (χ0) is 14.7. The van der Waals surface area contributed by atoms with Crippen molar-refractivity contribution < 1.29 is 9.13 Å². The lowest BCUT2D eigenvalue weighted by Gasteiger charge is -2.04. The summed E-state index contributed by atoms with van der Waals surface area (Å²) in [6.07, 6.45) is 2.45. The van der Waals surface area contributed by atoms with E-state index in [1.807, 2.05) is 0 Å². The number of hydrogen-bond acceptors (Lipinski definition) is 4. The van der Waals surface area contributed by atoms with Gasteiger partial charge in [0.1, 0.15) is 12.4 Å². The Morgan fingerprint density at radius 2 is 2.10 bits per heavy atom. The lowest BCUT2D eigenvalue weighted by Crippen LogP contribution is -2.08. The Labute approximate surface area is 126 Å².